The van der Waals surface area contributed by atoms with Gasteiger partial charge in [-0.1, -0.05) is 48.6 Å². The zero-order chi connectivity index (χ0) is 21.4. The maximum atomic E-state index is 15.1. The minimum atomic E-state index is -0.0147. The zero-order valence-corrected chi connectivity index (χ0v) is 19.1. The number of piperidine rings is 1. The van der Waals surface area contributed by atoms with Crippen molar-refractivity contribution in [1.82, 2.24) is 5.32 Å². The Balaban J connectivity index is 1.40. The lowest BCUT2D eigenvalue weighted by atomic mass is 9.65. The molecule has 1 N–H and O–H groups in total. The number of rotatable bonds is 3. The molecule has 1 heterocycles. The fourth-order valence-corrected chi connectivity index (χ4v) is 6.50. The van der Waals surface area contributed by atoms with Crippen LogP contribution in [0.3, 0.4) is 0 Å². The molecular formula is C28H38FN. The van der Waals surface area contributed by atoms with Gasteiger partial charge in [-0.25, -0.2) is 4.39 Å². The summed E-state index contributed by atoms with van der Waals surface area (Å²) in [4.78, 5) is 0. The number of hydrogen-bond acceptors (Lipinski definition) is 1. The Morgan fingerprint density at radius 1 is 0.800 bits per heavy atom. The molecule has 0 amide bonds. The van der Waals surface area contributed by atoms with Gasteiger partial charge < -0.3 is 5.32 Å². The van der Waals surface area contributed by atoms with E-state index in [2.05, 4.69) is 57.3 Å². The molecule has 1 saturated carbocycles. The standard InChI is InChI=1S/C28H38FN/c1-27(2)18-24(19-28(3,4)30-27)21-11-13-22(14-12-21)25-16-15-23(17-26(25)29)20-9-7-5-6-8-10-20/h5-10,15-17,20-22,24,30H,11-14,18-19H2,1-4H3. The van der Waals surface area contributed by atoms with Crippen LogP contribution in [-0.2, 0) is 0 Å². The quantitative estimate of drug-likeness (QED) is 0.549. The summed E-state index contributed by atoms with van der Waals surface area (Å²) in [7, 11) is 0. The van der Waals surface area contributed by atoms with E-state index in [4.69, 9.17) is 0 Å². The maximum absolute atomic E-state index is 15.1. The summed E-state index contributed by atoms with van der Waals surface area (Å²) in [6.45, 7) is 9.38. The van der Waals surface area contributed by atoms with Gasteiger partial charge in [0.05, 0.1) is 0 Å². The van der Waals surface area contributed by atoms with E-state index in [1.807, 2.05) is 24.3 Å². The zero-order valence-electron chi connectivity index (χ0n) is 19.1. The van der Waals surface area contributed by atoms with Gasteiger partial charge in [-0.3, -0.25) is 0 Å². The van der Waals surface area contributed by atoms with E-state index >= 15 is 4.39 Å². The fourth-order valence-electron chi connectivity index (χ4n) is 6.50. The molecule has 0 radical (unpaired) electrons. The molecule has 2 fully saturated rings. The van der Waals surface area contributed by atoms with Crippen molar-refractivity contribution in [3.05, 3.63) is 71.6 Å². The van der Waals surface area contributed by atoms with Gasteiger partial charge in [0.2, 0.25) is 0 Å². The first-order valence-electron chi connectivity index (χ1n) is 11.8. The largest absolute Gasteiger partial charge is 0.307 e. The van der Waals surface area contributed by atoms with Crippen molar-refractivity contribution < 1.29 is 4.39 Å². The van der Waals surface area contributed by atoms with Crippen molar-refractivity contribution >= 4 is 0 Å². The molecular weight excluding hydrogens is 369 g/mol. The van der Waals surface area contributed by atoms with Crippen LogP contribution in [0.4, 0.5) is 4.39 Å². The van der Waals surface area contributed by atoms with Gasteiger partial charge in [0.15, 0.2) is 0 Å². The smallest absolute Gasteiger partial charge is 0.126 e. The van der Waals surface area contributed by atoms with Crippen LogP contribution in [0.1, 0.15) is 89.2 Å². The normalized spacial score (nSPS) is 29.1. The van der Waals surface area contributed by atoms with Gasteiger partial charge in [-0.2, -0.15) is 0 Å². The van der Waals surface area contributed by atoms with E-state index in [9.17, 15) is 0 Å². The molecule has 1 aliphatic heterocycles. The minimum absolute atomic E-state index is 0.0147. The Morgan fingerprint density at radius 3 is 1.97 bits per heavy atom. The van der Waals surface area contributed by atoms with Crippen molar-refractivity contribution in [2.24, 2.45) is 11.8 Å². The predicted molar refractivity (Wildman–Crippen MR) is 125 cm³/mol. The van der Waals surface area contributed by atoms with Crippen LogP contribution in [0.25, 0.3) is 0 Å². The summed E-state index contributed by atoms with van der Waals surface area (Å²) in [6, 6.07) is 5.96. The highest BCUT2D eigenvalue weighted by Gasteiger charge is 2.41. The Morgan fingerprint density at radius 2 is 1.40 bits per heavy atom. The fraction of sp³-hybridized carbons (Fsp3) is 0.571. The van der Waals surface area contributed by atoms with Crippen LogP contribution in [0, 0.1) is 17.7 Å². The molecule has 4 rings (SSSR count). The summed E-state index contributed by atoms with van der Waals surface area (Å²) >= 11 is 0. The second kappa shape index (κ2) is 8.46. The Bertz CT molecular complexity index is 804. The lowest BCUT2D eigenvalue weighted by Gasteiger charge is -2.49. The van der Waals surface area contributed by atoms with Gasteiger partial charge >= 0.3 is 0 Å². The lowest BCUT2D eigenvalue weighted by Crippen LogP contribution is -2.58. The van der Waals surface area contributed by atoms with Crippen LogP contribution in [-0.4, -0.2) is 11.1 Å². The molecule has 30 heavy (non-hydrogen) atoms. The third kappa shape index (κ3) is 4.97. The molecule has 1 nitrogen and oxygen atoms in total. The first-order chi connectivity index (χ1) is 14.2. The summed E-state index contributed by atoms with van der Waals surface area (Å²) < 4.78 is 15.1. The van der Waals surface area contributed by atoms with Crippen molar-refractivity contribution in [1.29, 1.82) is 0 Å². The first kappa shape index (κ1) is 21.6. The predicted octanol–water partition coefficient (Wildman–Crippen LogP) is 7.42. The molecule has 0 aromatic heterocycles. The van der Waals surface area contributed by atoms with E-state index in [0.717, 1.165) is 35.8 Å². The van der Waals surface area contributed by atoms with Crippen molar-refractivity contribution in [2.45, 2.75) is 89.1 Å². The monoisotopic (exact) mass is 407 g/mol. The summed E-state index contributed by atoms with van der Waals surface area (Å²) in [5.41, 5.74) is 2.40. The highest BCUT2D eigenvalue weighted by atomic mass is 19.1. The van der Waals surface area contributed by atoms with Crippen molar-refractivity contribution in [3.63, 3.8) is 0 Å². The van der Waals surface area contributed by atoms with E-state index in [0.29, 0.717) is 5.92 Å². The molecule has 0 spiro atoms. The highest BCUT2D eigenvalue weighted by molar-refractivity contribution is 5.36. The Kier molecular flexibility index (Phi) is 6.08. The summed E-state index contributed by atoms with van der Waals surface area (Å²) in [6.07, 6.45) is 19.6. The lowest BCUT2D eigenvalue weighted by molar-refractivity contribution is 0.0752. The Labute approximate surface area is 182 Å². The first-order valence-corrected chi connectivity index (χ1v) is 11.8. The topological polar surface area (TPSA) is 12.0 Å². The van der Waals surface area contributed by atoms with Crippen LogP contribution in [0.2, 0.25) is 0 Å². The van der Waals surface area contributed by atoms with E-state index in [1.165, 1.54) is 25.7 Å². The second-order valence-electron chi connectivity index (χ2n) is 11.1. The van der Waals surface area contributed by atoms with Crippen molar-refractivity contribution in [3.8, 4) is 0 Å². The highest BCUT2D eigenvalue weighted by Crippen LogP contribution is 2.45. The maximum Gasteiger partial charge on any atom is 0.126 e. The van der Waals surface area contributed by atoms with E-state index in [1.54, 1.807) is 6.07 Å². The molecule has 2 aliphatic carbocycles. The molecule has 1 saturated heterocycles. The third-order valence-corrected chi connectivity index (χ3v) is 7.48. The van der Waals surface area contributed by atoms with Gasteiger partial charge in [-0.15, -0.1) is 0 Å². The van der Waals surface area contributed by atoms with Crippen molar-refractivity contribution in [2.75, 3.05) is 0 Å². The van der Waals surface area contributed by atoms with Crippen LogP contribution >= 0.6 is 0 Å². The average molecular weight is 408 g/mol. The van der Waals surface area contributed by atoms with Crippen LogP contribution in [0.15, 0.2) is 54.7 Å². The van der Waals surface area contributed by atoms with Gasteiger partial charge in [0.1, 0.15) is 5.82 Å². The number of hydrogen-bond donors (Lipinski definition) is 1. The molecule has 2 heteroatoms. The second-order valence-corrected chi connectivity index (χ2v) is 11.1. The van der Waals surface area contributed by atoms with Crippen LogP contribution in [0.5, 0.6) is 0 Å². The SMILES string of the molecule is CC1(C)CC(C2CCC(c3ccc(C4C=CC=CC=C4)cc3F)CC2)CC(C)(C)N1. The van der Waals surface area contributed by atoms with Crippen LogP contribution < -0.4 is 5.32 Å². The molecule has 3 aliphatic rings. The molecule has 1 aromatic carbocycles. The molecule has 0 unspecified atom stereocenters. The minimum Gasteiger partial charge on any atom is -0.307 e. The van der Waals surface area contributed by atoms with Gasteiger partial charge in [0, 0.05) is 17.0 Å². The molecule has 1 aromatic rings. The van der Waals surface area contributed by atoms with Gasteiger partial charge in [-0.05, 0) is 101 Å². The van der Waals surface area contributed by atoms with Gasteiger partial charge in [0.25, 0.3) is 0 Å². The summed E-state index contributed by atoms with van der Waals surface area (Å²) in [5, 5.41) is 3.82. The summed E-state index contributed by atoms with van der Waals surface area (Å²) in [5.74, 6) is 2.09. The molecule has 0 atom stereocenters. The number of nitrogens with one attached hydrogen (secondary N) is 1. The number of benzene rings is 1. The Hall–Kier alpha value is -1.67. The van der Waals surface area contributed by atoms with E-state index < -0.39 is 0 Å². The molecule has 162 valence electrons. The molecule has 0 bridgehead atoms. The van der Waals surface area contributed by atoms with E-state index in [-0.39, 0.29) is 22.8 Å². The average Bonchev–Trinajstić information content (AvgIpc) is 2.95. The number of allylic oxidation sites excluding steroid dienone is 6. The number of halogens is 1. The third-order valence-electron chi connectivity index (χ3n) is 7.48.